The minimum atomic E-state index is -3.12. The molecule has 4 rings (SSSR count). The van der Waals surface area contributed by atoms with Crippen LogP contribution in [0.15, 0.2) is 45.7 Å². The van der Waals surface area contributed by atoms with Crippen molar-refractivity contribution in [3.63, 3.8) is 0 Å². The van der Waals surface area contributed by atoms with Crippen molar-refractivity contribution in [3.05, 3.63) is 52.9 Å². The van der Waals surface area contributed by atoms with Gasteiger partial charge in [-0.05, 0) is 30.7 Å². The maximum absolute atomic E-state index is 13.4. The highest BCUT2D eigenvalue weighted by Gasteiger charge is 2.42. The molecule has 3 heterocycles. The van der Waals surface area contributed by atoms with Crippen molar-refractivity contribution in [2.45, 2.75) is 12.5 Å². The van der Waals surface area contributed by atoms with E-state index in [2.05, 4.69) is 0 Å². The molecule has 9 heteroatoms. The van der Waals surface area contributed by atoms with Crippen molar-refractivity contribution in [2.24, 2.45) is 0 Å². The van der Waals surface area contributed by atoms with Crippen LogP contribution in [0.1, 0.15) is 12.2 Å². The molecule has 2 aliphatic heterocycles. The van der Waals surface area contributed by atoms with Gasteiger partial charge < -0.3 is 4.42 Å². The molecule has 0 unspecified atom stereocenters. The Bertz CT molecular complexity index is 1070. The van der Waals surface area contributed by atoms with E-state index < -0.39 is 15.9 Å². The van der Waals surface area contributed by atoms with Gasteiger partial charge in [-0.2, -0.15) is 0 Å². The summed E-state index contributed by atoms with van der Waals surface area (Å²) in [5, 5.41) is 0. The molecule has 1 atom stereocenters. The summed E-state index contributed by atoms with van der Waals surface area (Å²) in [7, 11) is -3.12. The maximum atomic E-state index is 13.4. The van der Waals surface area contributed by atoms with E-state index in [0.717, 1.165) is 11.8 Å². The van der Waals surface area contributed by atoms with Crippen LogP contribution >= 0.6 is 24.0 Å². The summed E-state index contributed by atoms with van der Waals surface area (Å²) in [6.45, 7) is 0. The van der Waals surface area contributed by atoms with E-state index >= 15 is 0 Å². The molecule has 0 N–H and O–H groups in total. The highest BCUT2D eigenvalue weighted by Crippen LogP contribution is 2.36. The first kappa shape index (κ1) is 18.4. The first-order valence-electron chi connectivity index (χ1n) is 8.16. The summed E-state index contributed by atoms with van der Waals surface area (Å²) in [5.74, 6) is 0.265. The highest BCUT2D eigenvalue weighted by atomic mass is 32.2. The first-order valence-corrected chi connectivity index (χ1v) is 11.2. The minimum Gasteiger partial charge on any atom is -0.457 e. The van der Waals surface area contributed by atoms with Crippen LogP contribution in [0, 0.1) is 5.82 Å². The summed E-state index contributed by atoms with van der Waals surface area (Å²) >= 11 is 6.40. The molecule has 27 heavy (non-hydrogen) atoms. The van der Waals surface area contributed by atoms with Gasteiger partial charge in [0, 0.05) is 11.6 Å². The zero-order valence-corrected chi connectivity index (χ0v) is 16.4. The topological polar surface area (TPSA) is 67.6 Å². The van der Waals surface area contributed by atoms with Gasteiger partial charge in [0.05, 0.1) is 22.5 Å². The number of nitrogens with zero attached hydrogens (tertiary/aromatic N) is 1. The van der Waals surface area contributed by atoms with Crippen LogP contribution in [-0.2, 0) is 14.6 Å². The van der Waals surface area contributed by atoms with Crippen LogP contribution in [0.3, 0.4) is 0 Å². The lowest BCUT2D eigenvalue weighted by Gasteiger charge is -2.20. The van der Waals surface area contributed by atoms with E-state index in [1.165, 1.54) is 17.0 Å². The smallest absolute Gasteiger partial charge is 0.266 e. The average Bonchev–Trinajstić information content (AvgIpc) is 3.27. The molecule has 2 aromatic rings. The standard InChI is InChI=1S/C18H14FNO4S3/c19-12-3-1-2-11(8-12)15-5-4-14(24-15)9-16-17(21)20(18(25)26-16)13-6-7-27(22,23)10-13/h1-5,8-9,13H,6-7,10H2/b16-9+/t13-/m1/s1. The molecule has 0 spiro atoms. The number of thiocarbonyl (C=S) groups is 1. The zero-order chi connectivity index (χ0) is 19.2. The van der Waals surface area contributed by atoms with Gasteiger partial charge in [-0.1, -0.05) is 36.1 Å². The Morgan fingerprint density at radius 3 is 2.81 bits per heavy atom. The third kappa shape index (κ3) is 3.71. The predicted octanol–water partition coefficient (Wildman–Crippen LogP) is 3.47. The van der Waals surface area contributed by atoms with Crippen LogP contribution in [0.25, 0.3) is 17.4 Å². The number of hydrogen-bond acceptors (Lipinski definition) is 6. The summed E-state index contributed by atoms with van der Waals surface area (Å²) in [5.41, 5.74) is 0.596. The first-order chi connectivity index (χ1) is 12.8. The maximum Gasteiger partial charge on any atom is 0.266 e. The van der Waals surface area contributed by atoms with E-state index in [1.54, 1.807) is 30.3 Å². The van der Waals surface area contributed by atoms with Crippen molar-refractivity contribution in [2.75, 3.05) is 11.5 Å². The molecule has 1 aromatic heterocycles. The van der Waals surface area contributed by atoms with Crippen molar-refractivity contribution < 1.29 is 22.0 Å². The Labute approximate surface area is 165 Å². The van der Waals surface area contributed by atoms with Crippen molar-refractivity contribution in [1.82, 2.24) is 4.90 Å². The lowest BCUT2D eigenvalue weighted by atomic mass is 10.2. The molecular formula is C18H14FNO4S3. The van der Waals surface area contributed by atoms with Gasteiger partial charge in [0.15, 0.2) is 9.84 Å². The largest absolute Gasteiger partial charge is 0.457 e. The summed E-state index contributed by atoms with van der Waals surface area (Å²) in [4.78, 5) is 14.5. The Hall–Kier alpha value is -1.97. The second-order valence-electron chi connectivity index (χ2n) is 6.32. The van der Waals surface area contributed by atoms with Crippen molar-refractivity contribution in [1.29, 1.82) is 0 Å². The summed E-state index contributed by atoms with van der Waals surface area (Å²) < 4.78 is 42.8. The van der Waals surface area contributed by atoms with Crippen LogP contribution in [0.2, 0.25) is 0 Å². The predicted molar refractivity (Wildman–Crippen MR) is 106 cm³/mol. The van der Waals surface area contributed by atoms with Gasteiger partial charge in [-0.25, -0.2) is 12.8 Å². The molecule has 1 amide bonds. The minimum absolute atomic E-state index is 0.0583. The molecule has 5 nitrogen and oxygen atoms in total. The molecule has 2 saturated heterocycles. The van der Waals surface area contributed by atoms with Crippen molar-refractivity contribution in [3.8, 4) is 11.3 Å². The number of amides is 1. The molecule has 0 bridgehead atoms. The fraction of sp³-hybridized carbons (Fsp3) is 0.222. The quantitative estimate of drug-likeness (QED) is 0.556. The fourth-order valence-electron chi connectivity index (χ4n) is 3.13. The average molecular weight is 424 g/mol. The molecule has 1 aromatic carbocycles. The van der Waals surface area contributed by atoms with Gasteiger partial charge >= 0.3 is 0 Å². The van der Waals surface area contributed by atoms with Gasteiger partial charge in [0.1, 0.15) is 21.7 Å². The Balaban J connectivity index is 1.57. The number of carbonyl (C=O) groups excluding carboxylic acids is 1. The lowest BCUT2D eigenvalue weighted by Crippen LogP contribution is -2.39. The fourth-order valence-corrected chi connectivity index (χ4v) is 6.21. The van der Waals surface area contributed by atoms with E-state index in [0.29, 0.717) is 32.7 Å². The van der Waals surface area contributed by atoms with Crippen LogP contribution < -0.4 is 0 Å². The Morgan fingerprint density at radius 2 is 2.11 bits per heavy atom. The molecule has 2 fully saturated rings. The molecule has 140 valence electrons. The van der Waals surface area contributed by atoms with Crippen LogP contribution in [-0.4, -0.2) is 41.1 Å². The lowest BCUT2D eigenvalue weighted by molar-refractivity contribution is -0.123. The third-order valence-corrected chi connectivity index (χ3v) is 7.49. The summed E-state index contributed by atoms with van der Waals surface area (Å²) in [6.07, 6.45) is 1.97. The normalized spacial score (nSPS) is 23.5. The molecule has 0 aliphatic carbocycles. The van der Waals surface area contributed by atoms with Crippen LogP contribution in [0.5, 0.6) is 0 Å². The molecular weight excluding hydrogens is 409 g/mol. The van der Waals surface area contributed by atoms with E-state index in [9.17, 15) is 17.6 Å². The number of rotatable bonds is 3. The SMILES string of the molecule is O=C1/C(=C\c2ccc(-c3cccc(F)c3)o2)SC(=S)N1[C@@H]1CCS(=O)(=O)C1. The third-order valence-electron chi connectivity index (χ3n) is 4.41. The number of thioether (sulfide) groups is 1. The van der Waals surface area contributed by atoms with E-state index in [-0.39, 0.29) is 23.2 Å². The zero-order valence-electron chi connectivity index (χ0n) is 13.9. The van der Waals surface area contributed by atoms with E-state index in [4.69, 9.17) is 16.6 Å². The van der Waals surface area contributed by atoms with Gasteiger partial charge in [-0.3, -0.25) is 9.69 Å². The Morgan fingerprint density at radius 1 is 1.30 bits per heavy atom. The number of benzene rings is 1. The molecule has 2 aliphatic rings. The number of carbonyl (C=O) groups is 1. The number of halogens is 1. The number of sulfone groups is 1. The second-order valence-corrected chi connectivity index (χ2v) is 10.2. The Kier molecular flexibility index (Phi) is 4.69. The highest BCUT2D eigenvalue weighted by molar-refractivity contribution is 8.26. The summed E-state index contributed by atoms with van der Waals surface area (Å²) in [6, 6.07) is 9.01. The molecule has 0 saturated carbocycles. The number of hydrogen-bond donors (Lipinski definition) is 0. The second kappa shape index (κ2) is 6.88. The van der Waals surface area contributed by atoms with Crippen molar-refractivity contribution >= 4 is 50.1 Å². The van der Waals surface area contributed by atoms with E-state index in [1.807, 2.05) is 0 Å². The number of furan rings is 1. The monoisotopic (exact) mass is 423 g/mol. The molecule has 0 radical (unpaired) electrons. The van der Waals surface area contributed by atoms with Crippen LogP contribution in [0.4, 0.5) is 4.39 Å². The van der Waals surface area contributed by atoms with Gasteiger partial charge in [0.2, 0.25) is 0 Å². The van der Waals surface area contributed by atoms with Gasteiger partial charge in [-0.15, -0.1) is 0 Å². The van der Waals surface area contributed by atoms with Gasteiger partial charge in [0.25, 0.3) is 5.91 Å².